The summed E-state index contributed by atoms with van der Waals surface area (Å²) in [6.07, 6.45) is 4.57. The normalized spacial score (nSPS) is 19.9. The van der Waals surface area contributed by atoms with Crippen LogP contribution in [-0.4, -0.2) is 101 Å². The minimum absolute atomic E-state index is 0.0523. The standard InChI is InChI=1S/C40H53FN4O4/c1-4-49-38(47)18-7-5-6-8-19-42-20-22-43(23-21-42)40(48)35-15-10-13-33(25-35)39(34-14-11-17-37(46)26-34)45-28-30(2)44(27-31(45)3)29-32-12-9-16-36(41)24-32/h9-17,24-26,30-31,39,46H,4-8,18-23,27-29H2,1-3H3/t30-,31+,39?/m1/s1. The van der Waals surface area contributed by atoms with Crippen molar-refractivity contribution in [3.8, 4) is 5.75 Å². The van der Waals surface area contributed by atoms with E-state index in [1.165, 1.54) is 6.07 Å². The van der Waals surface area contributed by atoms with Crippen molar-refractivity contribution in [3.05, 3.63) is 101 Å². The molecule has 9 heteroatoms. The van der Waals surface area contributed by atoms with Gasteiger partial charge in [0.15, 0.2) is 0 Å². The zero-order valence-electron chi connectivity index (χ0n) is 29.4. The number of rotatable bonds is 14. The van der Waals surface area contributed by atoms with Crippen LogP contribution in [0.4, 0.5) is 4.39 Å². The van der Waals surface area contributed by atoms with Gasteiger partial charge in [0.05, 0.1) is 12.6 Å². The predicted molar refractivity (Wildman–Crippen MR) is 191 cm³/mol. The van der Waals surface area contributed by atoms with Crippen molar-refractivity contribution in [1.29, 1.82) is 0 Å². The Balaban J connectivity index is 1.22. The second kappa shape index (κ2) is 17.7. The van der Waals surface area contributed by atoms with Crippen molar-refractivity contribution in [3.63, 3.8) is 0 Å². The maximum absolute atomic E-state index is 13.9. The van der Waals surface area contributed by atoms with Crippen molar-refractivity contribution in [2.24, 2.45) is 0 Å². The summed E-state index contributed by atoms with van der Waals surface area (Å²) in [7, 11) is 0. The Morgan fingerprint density at radius 3 is 2.31 bits per heavy atom. The van der Waals surface area contributed by atoms with Crippen molar-refractivity contribution < 1.29 is 23.8 Å². The number of esters is 1. The van der Waals surface area contributed by atoms with Gasteiger partial charge in [-0.2, -0.15) is 0 Å². The number of hydrogen-bond donors (Lipinski definition) is 1. The zero-order chi connectivity index (χ0) is 34.8. The van der Waals surface area contributed by atoms with Gasteiger partial charge < -0.3 is 14.7 Å². The number of benzene rings is 3. The number of carbonyl (C=O) groups is 2. The van der Waals surface area contributed by atoms with Crippen LogP contribution in [0.15, 0.2) is 72.8 Å². The minimum atomic E-state index is -0.215. The molecule has 2 aliphatic rings. The van der Waals surface area contributed by atoms with E-state index < -0.39 is 0 Å². The molecule has 2 saturated heterocycles. The molecular weight excluding hydrogens is 619 g/mol. The van der Waals surface area contributed by atoms with Crippen LogP contribution >= 0.6 is 0 Å². The summed E-state index contributed by atoms with van der Waals surface area (Å²) in [5, 5.41) is 10.5. The van der Waals surface area contributed by atoms with E-state index >= 15 is 0 Å². The number of aromatic hydroxyl groups is 1. The number of hydrogen-bond acceptors (Lipinski definition) is 7. The van der Waals surface area contributed by atoms with Crippen LogP contribution in [0.5, 0.6) is 5.75 Å². The molecule has 1 amide bonds. The van der Waals surface area contributed by atoms with Crippen molar-refractivity contribution >= 4 is 11.9 Å². The number of phenolic OH excluding ortho intramolecular Hbond substituents is 1. The zero-order valence-corrected chi connectivity index (χ0v) is 29.4. The third-order valence-corrected chi connectivity index (χ3v) is 9.97. The first-order valence-electron chi connectivity index (χ1n) is 18.0. The third-order valence-electron chi connectivity index (χ3n) is 9.97. The lowest BCUT2D eigenvalue weighted by molar-refractivity contribution is -0.143. The summed E-state index contributed by atoms with van der Waals surface area (Å²) in [6.45, 7) is 13.1. The van der Waals surface area contributed by atoms with Crippen LogP contribution < -0.4 is 0 Å². The quantitative estimate of drug-likeness (QED) is 0.155. The van der Waals surface area contributed by atoms with E-state index in [1.807, 2.05) is 48.2 Å². The van der Waals surface area contributed by atoms with Crippen molar-refractivity contribution in [2.45, 2.75) is 77.5 Å². The molecule has 2 aliphatic heterocycles. The molecule has 5 rings (SSSR count). The molecule has 0 spiro atoms. The fourth-order valence-electron chi connectivity index (χ4n) is 7.34. The van der Waals surface area contributed by atoms with Gasteiger partial charge in [-0.3, -0.25) is 24.3 Å². The number of halogens is 1. The molecule has 3 aromatic rings. The molecule has 0 saturated carbocycles. The Bertz CT molecular complexity index is 1530. The number of amides is 1. The Hall–Kier alpha value is -3.79. The molecule has 49 heavy (non-hydrogen) atoms. The Labute approximate surface area is 291 Å². The summed E-state index contributed by atoms with van der Waals surface area (Å²) >= 11 is 0. The van der Waals surface area contributed by atoms with Crippen LogP contribution in [0, 0.1) is 5.82 Å². The van der Waals surface area contributed by atoms with Gasteiger partial charge >= 0.3 is 5.97 Å². The maximum Gasteiger partial charge on any atom is 0.305 e. The highest BCUT2D eigenvalue weighted by Crippen LogP contribution is 2.35. The van der Waals surface area contributed by atoms with Gasteiger partial charge in [0.25, 0.3) is 5.91 Å². The first-order chi connectivity index (χ1) is 23.7. The Morgan fingerprint density at radius 1 is 0.857 bits per heavy atom. The van der Waals surface area contributed by atoms with Gasteiger partial charge in [-0.05, 0) is 93.2 Å². The van der Waals surface area contributed by atoms with E-state index in [4.69, 9.17) is 4.74 Å². The SMILES string of the molecule is CCOC(=O)CCCCCCN1CCN(C(=O)c2cccc(C(c3cccc(O)c3)N3C[C@@H](C)N(Cc4cccc(F)c4)C[C@@H]3C)c2)CC1. The molecule has 264 valence electrons. The number of ether oxygens (including phenoxy) is 1. The second-order valence-electron chi connectivity index (χ2n) is 13.7. The summed E-state index contributed by atoms with van der Waals surface area (Å²) in [5.41, 5.74) is 3.66. The molecule has 1 N–H and O–H groups in total. The molecule has 0 bridgehead atoms. The Kier molecular flexibility index (Phi) is 13.2. The average Bonchev–Trinajstić information content (AvgIpc) is 3.09. The van der Waals surface area contributed by atoms with Gasteiger partial charge in [-0.25, -0.2) is 4.39 Å². The summed E-state index contributed by atoms with van der Waals surface area (Å²) in [6, 6.07) is 22.5. The molecule has 2 heterocycles. The van der Waals surface area contributed by atoms with Gasteiger partial charge in [0, 0.05) is 69.9 Å². The average molecular weight is 673 g/mol. The lowest BCUT2D eigenvalue weighted by atomic mass is 9.92. The van der Waals surface area contributed by atoms with E-state index in [2.05, 4.69) is 40.7 Å². The van der Waals surface area contributed by atoms with Crippen LogP contribution in [0.3, 0.4) is 0 Å². The molecule has 3 atom stereocenters. The molecule has 8 nitrogen and oxygen atoms in total. The summed E-state index contributed by atoms with van der Waals surface area (Å²) in [4.78, 5) is 34.6. The number of nitrogens with zero attached hydrogens (tertiary/aromatic N) is 4. The number of unbranched alkanes of at least 4 members (excludes halogenated alkanes) is 3. The van der Waals surface area contributed by atoms with Crippen LogP contribution in [0.25, 0.3) is 0 Å². The molecule has 1 unspecified atom stereocenters. The maximum atomic E-state index is 13.9. The highest BCUT2D eigenvalue weighted by atomic mass is 19.1. The van der Waals surface area contributed by atoms with Crippen LogP contribution in [0.1, 0.15) is 86.0 Å². The lowest BCUT2D eigenvalue weighted by Crippen LogP contribution is -2.56. The van der Waals surface area contributed by atoms with Crippen LogP contribution in [0.2, 0.25) is 0 Å². The highest BCUT2D eigenvalue weighted by Gasteiger charge is 2.35. The van der Waals surface area contributed by atoms with E-state index in [1.54, 1.807) is 18.2 Å². The number of piperazine rings is 2. The van der Waals surface area contributed by atoms with Gasteiger partial charge in [0.2, 0.25) is 0 Å². The second-order valence-corrected chi connectivity index (χ2v) is 13.7. The van der Waals surface area contributed by atoms with Gasteiger partial charge in [-0.1, -0.05) is 49.2 Å². The van der Waals surface area contributed by atoms with Crippen molar-refractivity contribution in [1.82, 2.24) is 19.6 Å². The molecule has 2 fully saturated rings. The number of carbonyl (C=O) groups excluding carboxylic acids is 2. The van der Waals surface area contributed by atoms with Gasteiger partial charge in [-0.15, -0.1) is 0 Å². The highest BCUT2D eigenvalue weighted by molar-refractivity contribution is 5.94. The fraction of sp³-hybridized carbons (Fsp3) is 0.500. The monoisotopic (exact) mass is 672 g/mol. The molecule has 3 aromatic carbocycles. The first kappa shape index (κ1) is 36.5. The van der Waals surface area contributed by atoms with Crippen molar-refractivity contribution in [2.75, 3.05) is 52.4 Å². The first-order valence-corrected chi connectivity index (χ1v) is 18.0. The van der Waals surface area contributed by atoms with E-state index in [-0.39, 0.29) is 41.6 Å². The largest absolute Gasteiger partial charge is 0.508 e. The van der Waals surface area contributed by atoms with E-state index in [0.717, 1.165) is 75.1 Å². The number of phenols is 1. The smallest absolute Gasteiger partial charge is 0.305 e. The molecule has 0 aliphatic carbocycles. The predicted octanol–water partition coefficient (Wildman–Crippen LogP) is 6.49. The molecular formula is C40H53FN4O4. The molecule has 0 radical (unpaired) electrons. The summed E-state index contributed by atoms with van der Waals surface area (Å²) in [5.74, 6) is -0.0519. The lowest BCUT2D eigenvalue weighted by Gasteiger charge is -2.47. The van der Waals surface area contributed by atoms with Gasteiger partial charge in [0.1, 0.15) is 11.6 Å². The third kappa shape index (κ3) is 10.1. The minimum Gasteiger partial charge on any atom is -0.508 e. The molecule has 0 aromatic heterocycles. The summed E-state index contributed by atoms with van der Waals surface area (Å²) < 4.78 is 18.9. The van der Waals surface area contributed by atoms with E-state index in [0.29, 0.717) is 38.2 Å². The Morgan fingerprint density at radius 2 is 1.57 bits per heavy atom. The topological polar surface area (TPSA) is 76.6 Å². The fourth-order valence-corrected chi connectivity index (χ4v) is 7.34. The van der Waals surface area contributed by atoms with E-state index in [9.17, 15) is 19.1 Å². The van der Waals surface area contributed by atoms with Crippen LogP contribution in [-0.2, 0) is 16.1 Å².